The van der Waals surface area contributed by atoms with Crippen molar-refractivity contribution >= 4 is 28.9 Å². The van der Waals surface area contributed by atoms with Crippen molar-refractivity contribution < 1.29 is 14.7 Å². The van der Waals surface area contributed by atoms with Crippen LogP contribution in [0.4, 0.5) is 0 Å². The normalized spacial score (nSPS) is 17.4. The highest BCUT2D eigenvalue weighted by atomic mass is 16.4. The van der Waals surface area contributed by atoms with Crippen LogP contribution in [0.25, 0.3) is 17.0 Å². The summed E-state index contributed by atoms with van der Waals surface area (Å²) >= 11 is 0. The van der Waals surface area contributed by atoms with E-state index in [1.807, 2.05) is 29.1 Å². The lowest BCUT2D eigenvalue weighted by atomic mass is 10.1. The van der Waals surface area contributed by atoms with Crippen LogP contribution in [0.2, 0.25) is 0 Å². The Balaban J connectivity index is 1.45. The molecular weight excluding hydrogens is 330 g/mol. The van der Waals surface area contributed by atoms with Crippen LogP contribution in [-0.4, -0.2) is 26.8 Å². The minimum absolute atomic E-state index is 0.301. The molecular formula is C20H21N3O3. The lowest BCUT2D eigenvalue weighted by Crippen LogP contribution is -2.21. The van der Waals surface area contributed by atoms with Crippen LogP contribution < -0.4 is 5.32 Å². The Morgan fingerprint density at radius 1 is 1.31 bits per heavy atom. The molecule has 1 fully saturated rings. The van der Waals surface area contributed by atoms with Crippen LogP contribution in [-0.2, 0) is 16.1 Å². The van der Waals surface area contributed by atoms with Crippen molar-refractivity contribution in [3.05, 3.63) is 47.3 Å². The smallest absolute Gasteiger partial charge is 0.333 e. The molecule has 134 valence electrons. The second kappa shape index (κ2) is 6.78. The molecule has 1 saturated carbocycles. The van der Waals surface area contributed by atoms with E-state index < -0.39 is 5.97 Å². The van der Waals surface area contributed by atoms with E-state index >= 15 is 0 Å². The Labute approximate surface area is 151 Å². The van der Waals surface area contributed by atoms with Gasteiger partial charge in [0.05, 0.1) is 17.3 Å². The molecule has 1 amide bonds. The van der Waals surface area contributed by atoms with Gasteiger partial charge in [-0.3, -0.25) is 9.48 Å². The molecule has 1 heterocycles. The Morgan fingerprint density at radius 3 is 2.92 bits per heavy atom. The van der Waals surface area contributed by atoms with Gasteiger partial charge in [0.25, 0.3) is 0 Å². The summed E-state index contributed by atoms with van der Waals surface area (Å²) < 4.78 is 2.05. The Kier molecular flexibility index (Phi) is 4.32. The molecule has 2 aromatic rings. The zero-order valence-corrected chi connectivity index (χ0v) is 14.4. The van der Waals surface area contributed by atoms with Gasteiger partial charge < -0.3 is 10.4 Å². The first-order chi connectivity index (χ1) is 12.6. The number of amides is 1. The first kappa shape index (κ1) is 16.6. The molecule has 0 unspecified atom stereocenters. The van der Waals surface area contributed by atoms with E-state index in [9.17, 15) is 9.59 Å². The van der Waals surface area contributed by atoms with Gasteiger partial charge in [-0.15, -0.1) is 0 Å². The molecule has 0 atom stereocenters. The summed E-state index contributed by atoms with van der Waals surface area (Å²) in [6.07, 6.45) is 9.50. The first-order valence-electron chi connectivity index (χ1n) is 9.00. The number of aliphatic carboxylic acids is 1. The largest absolute Gasteiger partial charge is 0.478 e. The maximum Gasteiger partial charge on any atom is 0.333 e. The molecule has 0 radical (unpaired) electrons. The fourth-order valence-electron chi connectivity index (χ4n) is 3.38. The van der Waals surface area contributed by atoms with Crippen molar-refractivity contribution in [2.24, 2.45) is 5.92 Å². The number of hydrogen-bond acceptors (Lipinski definition) is 3. The lowest BCUT2D eigenvalue weighted by molar-refractivity contribution is -0.132. The molecule has 0 bridgehead atoms. The van der Waals surface area contributed by atoms with Crippen molar-refractivity contribution in [2.75, 3.05) is 0 Å². The Bertz CT molecular complexity index is 935. The summed E-state index contributed by atoms with van der Waals surface area (Å²) in [6, 6.07) is 6.01. The van der Waals surface area contributed by atoms with Gasteiger partial charge in [-0.05, 0) is 61.8 Å². The molecule has 0 aliphatic heterocycles. The fraction of sp³-hybridized carbons (Fsp3) is 0.350. The molecule has 2 aliphatic carbocycles. The monoisotopic (exact) mass is 351 g/mol. The number of fused-ring (bicyclic) bond motifs is 1. The average Bonchev–Trinajstić information content (AvgIpc) is 3.16. The number of nitrogens with one attached hydrogen (secondary N) is 1. The van der Waals surface area contributed by atoms with Crippen molar-refractivity contribution in [2.45, 2.75) is 38.6 Å². The van der Waals surface area contributed by atoms with Gasteiger partial charge in [-0.1, -0.05) is 6.07 Å². The third kappa shape index (κ3) is 3.54. The Hall–Kier alpha value is -2.89. The molecule has 6 nitrogen and oxygen atoms in total. The number of benzene rings is 1. The molecule has 26 heavy (non-hydrogen) atoms. The van der Waals surface area contributed by atoms with E-state index in [2.05, 4.69) is 10.4 Å². The summed E-state index contributed by atoms with van der Waals surface area (Å²) in [6.45, 7) is 0.974. The fourth-order valence-corrected chi connectivity index (χ4v) is 3.38. The zero-order valence-electron chi connectivity index (χ0n) is 14.4. The summed E-state index contributed by atoms with van der Waals surface area (Å²) in [5, 5.41) is 17.3. The Morgan fingerprint density at radius 2 is 2.15 bits per heavy atom. The van der Waals surface area contributed by atoms with Gasteiger partial charge in [0, 0.05) is 23.7 Å². The molecule has 2 aliphatic rings. The zero-order chi connectivity index (χ0) is 18.1. The number of allylic oxidation sites excluding steroid dienone is 1. The van der Waals surface area contributed by atoms with Crippen LogP contribution >= 0.6 is 0 Å². The first-order valence-corrected chi connectivity index (χ1v) is 9.00. The van der Waals surface area contributed by atoms with Crippen molar-refractivity contribution in [1.29, 1.82) is 0 Å². The molecule has 1 aromatic carbocycles. The second-order valence-electron chi connectivity index (χ2n) is 7.03. The van der Waals surface area contributed by atoms with Gasteiger partial charge in [-0.2, -0.15) is 5.10 Å². The van der Waals surface area contributed by atoms with E-state index in [4.69, 9.17) is 5.11 Å². The number of carbonyl (C=O) groups is 2. The maximum atomic E-state index is 12.1. The van der Waals surface area contributed by atoms with Crippen LogP contribution in [0.5, 0.6) is 0 Å². The predicted octanol–water partition coefficient (Wildman–Crippen LogP) is 3.10. The van der Waals surface area contributed by atoms with Crippen LogP contribution in [0.1, 0.15) is 37.7 Å². The maximum absolute atomic E-state index is 12.1. The highest BCUT2D eigenvalue weighted by Gasteiger charge is 2.23. The van der Waals surface area contributed by atoms with E-state index in [1.54, 1.807) is 6.08 Å². The highest BCUT2D eigenvalue weighted by Crippen LogP contribution is 2.31. The molecule has 2 N–H and O–H groups in total. The molecule has 6 heteroatoms. The van der Waals surface area contributed by atoms with E-state index in [0.717, 1.165) is 35.3 Å². The second-order valence-corrected chi connectivity index (χ2v) is 7.03. The minimum Gasteiger partial charge on any atom is -0.478 e. The lowest BCUT2D eigenvalue weighted by Gasteiger charge is -2.04. The number of aromatic nitrogens is 2. The molecule has 0 saturated heterocycles. The summed E-state index contributed by atoms with van der Waals surface area (Å²) in [4.78, 5) is 23.2. The van der Waals surface area contributed by atoms with E-state index in [1.165, 1.54) is 18.9 Å². The van der Waals surface area contributed by atoms with Crippen LogP contribution in [0.15, 0.2) is 41.7 Å². The van der Waals surface area contributed by atoms with Gasteiger partial charge in [0.15, 0.2) is 0 Å². The summed E-state index contributed by atoms with van der Waals surface area (Å²) in [7, 11) is 0. The number of carboxylic acid groups (broad SMARTS) is 1. The topological polar surface area (TPSA) is 84.2 Å². The summed E-state index contributed by atoms with van der Waals surface area (Å²) in [5.41, 5.74) is 2.87. The predicted molar refractivity (Wildman–Crippen MR) is 98.1 cm³/mol. The highest BCUT2D eigenvalue weighted by molar-refractivity contribution is 5.95. The number of hydrogen-bond donors (Lipinski definition) is 2. The van der Waals surface area contributed by atoms with Gasteiger partial charge in [0.1, 0.15) is 0 Å². The standard InChI is InChI=1S/C20H21N3O3/c24-19(22-17-3-1-2-16(17)20(25)26)9-7-13-6-8-18-15(10-13)11-21-23(18)12-14-4-5-14/h6-11,14H,1-5,12H2,(H,22,24)(H,25,26)/b9-7+. The number of nitrogens with zero attached hydrogens (tertiary/aromatic N) is 2. The van der Waals surface area contributed by atoms with Gasteiger partial charge in [-0.25, -0.2) is 4.79 Å². The molecule has 1 aromatic heterocycles. The van der Waals surface area contributed by atoms with E-state index in [0.29, 0.717) is 24.1 Å². The van der Waals surface area contributed by atoms with Gasteiger partial charge in [0.2, 0.25) is 5.91 Å². The van der Waals surface area contributed by atoms with Crippen molar-refractivity contribution in [3.63, 3.8) is 0 Å². The number of carboxylic acids is 1. The van der Waals surface area contributed by atoms with Crippen molar-refractivity contribution in [1.82, 2.24) is 15.1 Å². The third-order valence-electron chi connectivity index (χ3n) is 4.97. The van der Waals surface area contributed by atoms with Gasteiger partial charge >= 0.3 is 5.97 Å². The minimum atomic E-state index is -0.949. The van der Waals surface area contributed by atoms with E-state index in [-0.39, 0.29) is 5.91 Å². The van der Waals surface area contributed by atoms with Crippen LogP contribution in [0, 0.1) is 5.92 Å². The number of carbonyl (C=O) groups excluding carboxylic acids is 1. The molecule has 4 rings (SSSR count). The quantitative estimate of drug-likeness (QED) is 0.783. The van der Waals surface area contributed by atoms with Crippen LogP contribution in [0.3, 0.4) is 0 Å². The molecule has 0 spiro atoms. The van der Waals surface area contributed by atoms with Crippen molar-refractivity contribution in [3.8, 4) is 0 Å². The SMILES string of the molecule is O=C(/C=C/c1ccc2c(cnn2CC2CC2)c1)NC1=C(C(=O)O)CCC1. The summed E-state index contributed by atoms with van der Waals surface area (Å²) in [5.74, 6) is -0.484. The third-order valence-corrected chi connectivity index (χ3v) is 4.97. The average molecular weight is 351 g/mol. The number of rotatable bonds is 6.